The molecular weight excluding hydrogens is 232 g/mol. The van der Waals surface area contributed by atoms with Crippen LogP contribution in [0.4, 0.5) is 0 Å². The van der Waals surface area contributed by atoms with E-state index in [1.165, 1.54) is 83.8 Å². The molecular formula is C17H32N2. The van der Waals surface area contributed by atoms with Gasteiger partial charge in [-0.2, -0.15) is 0 Å². The van der Waals surface area contributed by atoms with Gasteiger partial charge in [-0.1, -0.05) is 39.0 Å². The summed E-state index contributed by atoms with van der Waals surface area (Å²) in [4.78, 5) is 2.91. The summed E-state index contributed by atoms with van der Waals surface area (Å²) >= 11 is 0. The molecule has 3 fully saturated rings. The lowest BCUT2D eigenvalue weighted by atomic mass is 9.89. The van der Waals surface area contributed by atoms with Crippen molar-refractivity contribution in [3.63, 3.8) is 0 Å². The van der Waals surface area contributed by atoms with Gasteiger partial charge in [-0.25, -0.2) is 0 Å². The maximum absolute atomic E-state index is 3.90. The molecule has 1 aliphatic heterocycles. The second-order valence-corrected chi connectivity index (χ2v) is 7.26. The van der Waals surface area contributed by atoms with Crippen molar-refractivity contribution < 1.29 is 0 Å². The second-order valence-electron chi connectivity index (χ2n) is 7.26. The third-order valence-electron chi connectivity index (χ3n) is 5.79. The predicted octanol–water partition coefficient (Wildman–Crippen LogP) is 3.56. The van der Waals surface area contributed by atoms with Gasteiger partial charge in [-0.3, -0.25) is 4.90 Å². The highest BCUT2D eigenvalue weighted by molar-refractivity contribution is 5.04. The van der Waals surface area contributed by atoms with Crippen LogP contribution < -0.4 is 5.32 Å². The zero-order valence-corrected chi connectivity index (χ0v) is 12.8. The fourth-order valence-corrected chi connectivity index (χ4v) is 4.33. The van der Waals surface area contributed by atoms with Crippen LogP contribution in [0.5, 0.6) is 0 Å². The molecule has 1 saturated heterocycles. The Kier molecular flexibility index (Phi) is 4.48. The molecule has 0 radical (unpaired) electrons. The van der Waals surface area contributed by atoms with Crippen molar-refractivity contribution in [1.29, 1.82) is 0 Å². The maximum atomic E-state index is 3.90. The summed E-state index contributed by atoms with van der Waals surface area (Å²) < 4.78 is 0. The van der Waals surface area contributed by atoms with Crippen molar-refractivity contribution in [2.45, 2.75) is 82.7 Å². The van der Waals surface area contributed by atoms with Crippen LogP contribution in [-0.2, 0) is 0 Å². The summed E-state index contributed by atoms with van der Waals surface area (Å²) in [7, 11) is 0. The van der Waals surface area contributed by atoms with E-state index in [1.807, 2.05) is 0 Å². The first-order chi connectivity index (χ1) is 9.34. The Morgan fingerprint density at radius 1 is 1.11 bits per heavy atom. The standard InChI is InChI=1S/C17H32N2/c1-2-3-4-7-12-19-13-16(15-8-9-15)18-14-17(19)10-5-6-11-17/h15-16,18H,2-14H2,1H3. The Hall–Kier alpha value is -0.0800. The number of piperazine rings is 1. The number of hydrogen-bond acceptors (Lipinski definition) is 2. The summed E-state index contributed by atoms with van der Waals surface area (Å²) in [5.41, 5.74) is 0.553. The van der Waals surface area contributed by atoms with Gasteiger partial charge >= 0.3 is 0 Å². The van der Waals surface area contributed by atoms with Crippen LogP contribution in [0.1, 0.15) is 71.1 Å². The Morgan fingerprint density at radius 3 is 2.58 bits per heavy atom. The number of rotatable bonds is 6. The predicted molar refractivity (Wildman–Crippen MR) is 81.4 cm³/mol. The minimum Gasteiger partial charge on any atom is -0.311 e. The van der Waals surface area contributed by atoms with Gasteiger partial charge in [-0.05, 0) is 44.6 Å². The zero-order valence-electron chi connectivity index (χ0n) is 12.8. The summed E-state index contributed by atoms with van der Waals surface area (Å²) in [6.07, 6.45) is 14.4. The molecule has 0 aromatic carbocycles. The van der Waals surface area contributed by atoms with Gasteiger partial charge in [0.05, 0.1) is 0 Å². The zero-order chi connectivity index (χ0) is 13.1. The highest BCUT2D eigenvalue weighted by Crippen LogP contribution is 2.41. The molecule has 1 heterocycles. The van der Waals surface area contributed by atoms with Crippen molar-refractivity contribution in [2.75, 3.05) is 19.6 Å². The summed E-state index contributed by atoms with van der Waals surface area (Å²) in [6, 6.07) is 0.817. The molecule has 1 atom stereocenters. The van der Waals surface area contributed by atoms with Crippen LogP contribution in [-0.4, -0.2) is 36.1 Å². The minimum absolute atomic E-state index is 0.553. The second kappa shape index (κ2) is 6.13. The van der Waals surface area contributed by atoms with Gasteiger partial charge < -0.3 is 5.32 Å². The molecule has 3 aliphatic rings. The van der Waals surface area contributed by atoms with E-state index in [2.05, 4.69) is 17.1 Å². The number of nitrogens with one attached hydrogen (secondary N) is 1. The van der Waals surface area contributed by atoms with Crippen LogP contribution >= 0.6 is 0 Å². The lowest BCUT2D eigenvalue weighted by Gasteiger charge is -2.48. The SMILES string of the molecule is CCCCCCN1CC(C2CC2)NCC12CCCC2. The molecule has 0 bridgehead atoms. The first-order valence-corrected chi connectivity index (χ1v) is 8.82. The largest absolute Gasteiger partial charge is 0.311 e. The maximum Gasteiger partial charge on any atom is 0.0334 e. The van der Waals surface area contributed by atoms with Gasteiger partial charge in [-0.15, -0.1) is 0 Å². The van der Waals surface area contributed by atoms with E-state index in [9.17, 15) is 0 Å². The molecule has 0 aromatic heterocycles. The molecule has 19 heavy (non-hydrogen) atoms. The topological polar surface area (TPSA) is 15.3 Å². The average molecular weight is 264 g/mol. The van der Waals surface area contributed by atoms with Crippen LogP contribution in [0.25, 0.3) is 0 Å². The monoisotopic (exact) mass is 264 g/mol. The molecule has 2 heteroatoms. The Morgan fingerprint density at radius 2 is 1.89 bits per heavy atom. The lowest BCUT2D eigenvalue weighted by Crippen LogP contribution is -2.64. The van der Waals surface area contributed by atoms with Crippen molar-refractivity contribution in [3.05, 3.63) is 0 Å². The van der Waals surface area contributed by atoms with Gasteiger partial charge in [0, 0.05) is 24.7 Å². The molecule has 110 valence electrons. The quantitative estimate of drug-likeness (QED) is 0.738. The Balaban J connectivity index is 1.56. The molecule has 3 rings (SSSR count). The first kappa shape index (κ1) is 13.9. The molecule has 0 amide bonds. The Labute approximate surface area is 119 Å². The van der Waals surface area contributed by atoms with E-state index in [0.717, 1.165) is 12.0 Å². The third-order valence-corrected chi connectivity index (χ3v) is 5.79. The highest BCUT2D eigenvalue weighted by atomic mass is 15.3. The Bertz CT molecular complexity index is 279. The fourth-order valence-electron chi connectivity index (χ4n) is 4.33. The van der Waals surface area contributed by atoms with E-state index in [1.54, 1.807) is 0 Å². The van der Waals surface area contributed by atoms with Crippen LogP contribution in [0.15, 0.2) is 0 Å². The molecule has 2 nitrogen and oxygen atoms in total. The smallest absolute Gasteiger partial charge is 0.0334 e. The molecule has 1 N–H and O–H groups in total. The normalized spacial score (nSPS) is 31.1. The van der Waals surface area contributed by atoms with Crippen molar-refractivity contribution >= 4 is 0 Å². The van der Waals surface area contributed by atoms with Gasteiger partial charge in [0.2, 0.25) is 0 Å². The first-order valence-electron chi connectivity index (χ1n) is 8.82. The summed E-state index contributed by atoms with van der Waals surface area (Å²) in [5, 5.41) is 3.90. The van der Waals surface area contributed by atoms with Crippen molar-refractivity contribution in [3.8, 4) is 0 Å². The molecule has 1 spiro atoms. The fraction of sp³-hybridized carbons (Fsp3) is 1.00. The highest BCUT2D eigenvalue weighted by Gasteiger charge is 2.45. The van der Waals surface area contributed by atoms with E-state index in [0.29, 0.717) is 5.54 Å². The lowest BCUT2D eigenvalue weighted by molar-refractivity contribution is 0.0368. The molecule has 0 aromatic rings. The van der Waals surface area contributed by atoms with E-state index in [4.69, 9.17) is 0 Å². The third kappa shape index (κ3) is 3.16. The molecule has 2 saturated carbocycles. The summed E-state index contributed by atoms with van der Waals surface area (Å²) in [5.74, 6) is 1.01. The summed E-state index contributed by atoms with van der Waals surface area (Å²) in [6.45, 7) is 6.30. The van der Waals surface area contributed by atoms with Gasteiger partial charge in [0.15, 0.2) is 0 Å². The number of hydrogen-bond donors (Lipinski definition) is 1. The number of unbranched alkanes of at least 4 members (excludes halogenated alkanes) is 3. The molecule has 1 unspecified atom stereocenters. The van der Waals surface area contributed by atoms with E-state index in [-0.39, 0.29) is 0 Å². The van der Waals surface area contributed by atoms with Crippen LogP contribution in [0.3, 0.4) is 0 Å². The molecule has 2 aliphatic carbocycles. The van der Waals surface area contributed by atoms with Crippen LogP contribution in [0, 0.1) is 5.92 Å². The van der Waals surface area contributed by atoms with Gasteiger partial charge in [0.25, 0.3) is 0 Å². The van der Waals surface area contributed by atoms with Crippen molar-refractivity contribution in [2.24, 2.45) is 5.92 Å². The van der Waals surface area contributed by atoms with E-state index >= 15 is 0 Å². The van der Waals surface area contributed by atoms with E-state index < -0.39 is 0 Å². The van der Waals surface area contributed by atoms with Crippen LogP contribution in [0.2, 0.25) is 0 Å². The van der Waals surface area contributed by atoms with Crippen molar-refractivity contribution in [1.82, 2.24) is 10.2 Å². The number of nitrogens with zero attached hydrogens (tertiary/aromatic N) is 1. The average Bonchev–Trinajstić information content (AvgIpc) is 3.17. The van der Waals surface area contributed by atoms with Gasteiger partial charge in [0.1, 0.15) is 0 Å². The minimum atomic E-state index is 0.553.